The van der Waals surface area contributed by atoms with Crippen molar-refractivity contribution in [3.8, 4) is 0 Å². The van der Waals surface area contributed by atoms with Gasteiger partial charge in [-0.15, -0.1) is 11.3 Å². The van der Waals surface area contributed by atoms with Crippen LogP contribution in [0.1, 0.15) is 49.8 Å². The van der Waals surface area contributed by atoms with Crippen molar-refractivity contribution in [2.45, 2.75) is 63.1 Å². The van der Waals surface area contributed by atoms with Crippen LogP contribution in [0.5, 0.6) is 0 Å². The molecule has 2 saturated carbocycles. The number of carbonyl (C=O) groups is 1. The van der Waals surface area contributed by atoms with E-state index in [1.165, 1.54) is 11.3 Å². The highest BCUT2D eigenvalue weighted by molar-refractivity contribution is 7.09. The summed E-state index contributed by atoms with van der Waals surface area (Å²) in [6.07, 6.45) is 7.43. The standard InChI is InChI=1S/C15H22N2OS/c16-15(8-2-1-3-9-15)14(18)17(12-6-7-12)11-13-5-4-10-19-13/h4-5,10,12H,1-3,6-9,11,16H2. The summed E-state index contributed by atoms with van der Waals surface area (Å²) in [5.41, 5.74) is 5.83. The van der Waals surface area contributed by atoms with Gasteiger partial charge >= 0.3 is 0 Å². The van der Waals surface area contributed by atoms with Crippen LogP contribution in [0.2, 0.25) is 0 Å². The van der Waals surface area contributed by atoms with Crippen LogP contribution < -0.4 is 5.73 Å². The van der Waals surface area contributed by atoms with E-state index >= 15 is 0 Å². The molecule has 2 fully saturated rings. The van der Waals surface area contributed by atoms with Crippen LogP contribution in [-0.4, -0.2) is 22.4 Å². The molecule has 0 spiro atoms. The summed E-state index contributed by atoms with van der Waals surface area (Å²) in [4.78, 5) is 16.1. The van der Waals surface area contributed by atoms with Gasteiger partial charge in [-0.2, -0.15) is 0 Å². The molecule has 1 heterocycles. The molecular weight excluding hydrogens is 256 g/mol. The van der Waals surface area contributed by atoms with E-state index in [0.717, 1.165) is 45.1 Å². The van der Waals surface area contributed by atoms with E-state index in [9.17, 15) is 4.79 Å². The Labute approximate surface area is 118 Å². The minimum Gasteiger partial charge on any atom is -0.333 e. The monoisotopic (exact) mass is 278 g/mol. The van der Waals surface area contributed by atoms with E-state index in [0.29, 0.717) is 6.04 Å². The van der Waals surface area contributed by atoms with E-state index in [4.69, 9.17) is 5.73 Å². The maximum atomic E-state index is 12.8. The molecule has 104 valence electrons. The molecule has 2 N–H and O–H groups in total. The molecule has 0 radical (unpaired) electrons. The fraction of sp³-hybridized carbons (Fsp3) is 0.667. The molecule has 2 aliphatic carbocycles. The fourth-order valence-corrected chi connectivity index (χ4v) is 3.71. The van der Waals surface area contributed by atoms with Crippen LogP contribution in [-0.2, 0) is 11.3 Å². The number of rotatable bonds is 4. The van der Waals surface area contributed by atoms with Crippen LogP contribution in [0.4, 0.5) is 0 Å². The summed E-state index contributed by atoms with van der Waals surface area (Å²) in [6, 6.07) is 4.60. The van der Waals surface area contributed by atoms with Gasteiger partial charge in [0.05, 0.1) is 12.1 Å². The van der Waals surface area contributed by atoms with E-state index in [1.54, 1.807) is 11.3 Å². The molecule has 2 aliphatic rings. The quantitative estimate of drug-likeness (QED) is 0.920. The number of nitrogens with two attached hydrogens (primary N) is 1. The second-order valence-electron chi connectivity index (χ2n) is 5.96. The summed E-state index contributed by atoms with van der Waals surface area (Å²) in [5.74, 6) is 0.197. The third-order valence-corrected chi connectivity index (χ3v) is 5.19. The zero-order chi connectivity index (χ0) is 13.3. The predicted octanol–water partition coefficient (Wildman–Crippen LogP) is 2.90. The Kier molecular flexibility index (Phi) is 3.63. The average Bonchev–Trinajstić information content (AvgIpc) is 3.13. The number of hydrogen-bond donors (Lipinski definition) is 1. The zero-order valence-corrected chi connectivity index (χ0v) is 12.1. The Morgan fingerprint density at radius 3 is 2.68 bits per heavy atom. The highest BCUT2D eigenvalue weighted by atomic mass is 32.1. The van der Waals surface area contributed by atoms with Crippen LogP contribution in [0.3, 0.4) is 0 Å². The first kappa shape index (κ1) is 13.1. The Hall–Kier alpha value is -0.870. The molecular formula is C15H22N2OS. The largest absolute Gasteiger partial charge is 0.333 e. The summed E-state index contributed by atoms with van der Waals surface area (Å²) in [7, 11) is 0. The van der Waals surface area contributed by atoms with Crippen molar-refractivity contribution in [2.24, 2.45) is 5.73 Å². The SMILES string of the molecule is NC1(C(=O)N(Cc2cccs2)C2CC2)CCCCC1. The van der Waals surface area contributed by atoms with Crippen LogP contribution in [0.15, 0.2) is 17.5 Å². The molecule has 1 amide bonds. The van der Waals surface area contributed by atoms with Crippen molar-refractivity contribution in [3.05, 3.63) is 22.4 Å². The molecule has 0 saturated heterocycles. The normalized spacial score (nSPS) is 22.2. The number of hydrogen-bond acceptors (Lipinski definition) is 3. The van der Waals surface area contributed by atoms with Crippen molar-refractivity contribution in [2.75, 3.05) is 0 Å². The number of nitrogens with zero attached hydrogens (tertiary/aromatic N) is 1. The van der Waals surface area contributed by atoms with E-state index in [1.807, 2.05) is 6.07 Å². The van der Waals surface area contributed by atoms with Gasteiger partial charge < -0.3 is 10.6 Å². The maximum Gasteiger partial charge on any atom is 0.243 e. The Balaban J connectivity index is 1.74. The molecule has 0 bridgehead atoms. The Bertz CT molecular complexity index is 433. The van der Waals surface area contributed by atoms with E-state index < -0.39 is 5.54 Å². The summed E-state index contributed by atoms with van der Waals surface area (Å²) < 4.78 is 0. The van der Waals surface area contributed by atoms with Crippen molar-refractivity contribution in [1.29, 1.82) is 0 Å². The Morgan fingerprint density at radius 2 is 2.11 bits per heavy atom. The smallest absolute Gasteiger partial charge is 0.243 e. The zero-order valence-electron chi connectivity index (χ0n) is 11.3. The van der Waals surface area contributed by atoms with Crippen LogP contribution >= 0.6 is 11.3 Å². The molecule has 1 aromatic heterocycles. The van der Waals surface area contributed by atoms with Gasteiger partial charge in [-0.3, -0.25) is 4.79 Å². The highest BCUT2D eigenvalue weighted by Gasteiger charge is 2.43. The lowest BCUT2D eigenvalue weighted by Gasteiger charge is -2.37. The van der Waals surface area contributed by atoms with Gasteiger partial charge in [-0.25, -0.2) is 0 Å². The number of thiophene rings is 1. The molecule has 0 aliphatic heterocycles. The van der Waals surface area contributed by atoms with Crippen molar-refractivity contribution >= 4 is 17.2 Å². The van der Waals surface area contributed by atoms with E-state index in [2.05, 4.69) is 16.3 Å². The summed E-state index contributed by atoms with van der Waals surface area (Å²) in [6.45, 7) is 0.750. The molecule has 0 aromatic carbocycles. The van der Waals surface area contributed by atoms with Crippen LogP contribution in [0, 0.1) is 0 Å². The van der Waals surface area contributed by atoms with Gasteiger partial charge in [0.15, 0.2) is 0 Å². The van der Waals surface area contributed by atoms with Crippen LogP contribution in [0.25, 0.3) is 0 Å². The Morgan fingerprint density at radius 1 is 1.37 bits per heavy atom. The number of amides is 1. The topological polar surface area (TPSA) is 46.3 Å². The molecule has 1 aromatic rings. The van der Waals surface area contributed by atoms with Crippen molar-refractivity contribution in [3.63, 3.8) is 0 Å². The molecule has 0 atom stereocenters. The minimum absolute atomic E-state index is 0.197. The van der Waals surface area contributed by atoms with Crippen molar-refractivity contribution < 1.29 is 4.79 Å². The average molecular weight is 278 g/mol. The van der Waals surface area contributed by atoms with Crippen molar-refractivity contribution in [1.82, 2.24) is 4.90 Å². The highest BCUT2D eigenvalue weighted by Crippen LogP contribution is 2.34. The van der Waals surface area contributed by atoms with Gasteiger partial charge in [0.2, 0.25) is 5.91 Å². The molecule has 0 unspecified atom stereocenters. The first-order valence-electron chi connectivity index (χ1n) is 7.31. The predicted molar refractivity (Wildman–Crippen MR) is 77.9 cm³/mol. The minimum atomic E-state index is -0.585. The van der Waals surface area contributed by atoms with Gasteiger partial charge in [0.1, 0.15) is 0 Å². The first-order chi connectivity index (χ1) is 9.19. The lowest BCUT2D eigenvalue weighted by atomic mass is 9.81. The van der Waals surface area contributed by atoms with Gasteiger partial charge in [-0.05, 0) is 37.1 Å². The fourth-order valence-electron chi connectivity index (χ4n) is 3.01. The first-order valence-corrected chi connectivity index (χ1v) is 8.19. The van der Waals surface area contributed by atoms with Gasteiger partial charge in [0.25, 0.3) is 0 Å². The summed E-state index contributed by atoms with van der Waals surface area (Å²) in [5, 5.41) is 2.07. The second kappa shape index (κ2) is 5.25. The van der Waals surface area contributed by atoms with E-state index in [-0.39, 0.29) is 5.91 Å². The molecule has 3 rings (SSSR count). The third-order valence-electron chi connectivity index (χ3n) is 4.33. The molecule has 19 heavy (non-hydrogen) atoms. The molecule has 3 nitrogen and oxygen atoms in total. The number of carbonyl (C=O) groups excluding carboxylic acids is 1. The van der Waals surface area contributed by atoms with Gasteiger partial charge in [0, 0.05) is 10.9 Å². The lowest BCUT2D eigenvalue weighted by molar-refractivity contribution is -0.139. The second-order valence-corrected chi connectivity index (χ2v) is 6.99. The maximum absolute atomic E-state index is 12.8. The van der Waals surface area contributed by atoms with Gasteiger partial charge in [-0.1, -0.05) is 25.3 Å². The molecule has 4 heteroatoms. The third kappa shape index (κ3) is 2.84. The summed E-state index contributed by atoms with van der Waals surface area (Å²) >= 11 is 1.72. The lowest BCUT2D eigenvalue weighted by Crippen LogP contribution is -2.56.